The maximum absolute atomic E-state index is 3.60. The molecule has 1 saturated carbocycles. The molecule has 0 aromatic carbocycles. The Balaban J connectivity index is 2.52. The molecule has 0 bridgehead atoms. The lowest BCUT2D eigenvalue weighted by Gasteiger charge is -2.33. The van der Waals surface area contributed by atoms with Gasteiger partial charge >= 0.3 is 0 Å². The van der Waals surface area contributed by atoms with Crippen molar-refractivity contribution in [3.05, 3.63) is 0 Å². The Labute approximate surface area is 121 Å². The highest BCUT2D eigenvalue weighted by Crippen LogP contribution is 2.41. The largest absolute Gasteiger partial charge is 0.316 e. The molecule has 0 aromatic heterocycles. The van der Waals surface area contributed by atoms with Crippen molar-refractivity contribution in [1.29, 1.82) is 0 Å². The van der Waals surface area contributed by atoms with Crippen LogP contribution in [0.1, 0.15) is 66.2 Å². The zero-order valence-electron chi connectivity index (χ0n) is 14.0. The summed E-state index contributed by atoms with van der Waals surface area (Å²) in [7, 11) is 2.15. The van der Waals surface area contributed by atoms with Crippen molar-refractivity contribution < 1.29 is 0 Å². The average Bonchev–Trinajstić information content (AvgIpc) is 2.67. The van der Waals surface area contributed by atoms with Crippen molar-refractivity contribution >= 4 is 0 Å². The van der Waals surface area contributed by atoms with Crippen LogP contribution < -0.4 is 5.32 Å². The molecule has 2 unspecified atom stereocenters. The second kappa shape index (κ2) is 8.26. The van der Waals surface area contributed by atoms with E-state index in [1.807, 2.05) is 0 Å². The van der Waals surface area contributed by atoms with E-state index in [0.29, 0.717) is 11.5 Å². The summed E-state index contributed by atoms with van der Waals surface area (Å²) < 4.78 is 0. The molecule has 2 atom stereocenters. The molecule has 1 N–H and O–H groups in total. The third-order valence-corrected chi connectivity index (χ3v) is 4.93. The third kappa shape index (κ3) is 5.07. The first-order chi connectivity index (χ1) is 9.05. The molecule has 0 saturated heterocycles. The standard InChI is InChI=1S/C17H36N2/c1-6-8-12-19(13-9-7-2)14-15-10-11-17(3,4)16(15)18-5/h15-16,18H,6-14H2,1-5H3. The molecule has 1 aliphatic rings. The van der Waals surface area contributed by atoms with Crippen molar-refractivity contribution in [3.63, 3.8) is 0 Å². The number of unbranched alkanes of at least 4 members (excludes halogenated alkanes) is 2. The molecule has 2 heteroatoms. The summed E-state index contributed by atoms with van der Waals surface area (Å²) in [5.41, 5.74) is 0.473. The maximum Gasteiger partial charge on any atom is 0.0156 e. The lowest BCUT2D eigenvalue weighted by atomic mass is 9.85. The molecule has 114 valence electrons. The Morgan fingerprint density at radius 3 is 2.16 bits per heavy atom. The summed E-state index contributed by atoms with van der Waals surface area (Å²) in [5, 5.41) is 3.60. The summed E-state index contributed by atoms with van der Waals surface area (Å²) in [6.45, 7) is 13.3. The molecule has 19 heavy (non-hydrogen) atoms. The SMILES string of the molecule is CCCCN(CCCC)CC1CCC(C)(C)C1NC. The van der Waals surface area contributed by atoms with Crippen LogP contribution in [0.15, 0.2) is 0 Å². The van der Waals surface area contributed by atoms with Crippen molar-refractivity contribution in [3.8, 4) is 0 Å². The number of rotatable bonds is 9. The van der Waals surface area contributed by atoms with Crippen LogP contribution in [0.5, 0.6) is 0 Å². The topological polar surface area (TPSA) is 15.3 Å². The molecule has 1 aliphatic carbocycles. The summed E-state index contributed by atoms with van der Waals surface area (Å²) in [6.07, 6.45) is 8.10. The summed E-state index contributed by atoms with van der Waals surface area (Å²) in [6, 6.07) is 0.693. The Morgan fingerprint density at radius 1 is 1.11 bits per heavy atom. The van der Waals surface area contributed by atoms with Crippen LogP contribution in [0.4, 0.5) is 0 Å². The fraction of sp³-hybridized carbons (Fsp3) is 1.00. The third-order valence-electron chi connectivity index (χ3n) is 4.93. The van der Waals surface area contributed by atoms with Crippen LogP contribution in [-0.4, -0.2) is 37.6 Å². The summed E-state index contributed by atoms with van der Waals surface area (Å²) >= 11 is 0. The zero-order chi connectivity index (χ0) is 14.3. The molecular weight excluding hydrogens is 232 g/mol. The van der Waals surface area contributed by atoms with Gasteiger partial charge in [-0.15, -0.1) is 0 Å². The molecule has 0 spiro atoms. The van der Waals surface area contributed by atoms with Crippen LogP contribution >= 0.6 is 0 Å². The molecule has 0 amide bonds. The number of nitrogens with zero attached hydrogens (tertiary/aromatic N) is 1. The Morgan fingerprint density at radius 2 is 1.68 bits per heavy atom. The van der Waals surface area contributed by atoms with Gasteiger partial charge in [-0.05, 0) is 57.2 Å². The van der Waals surface area contributed by atoms with Gasteiger partial charge in [-0.2, -0.15) is 0 Å². The van der Waals surface area contributed by atoms with Gasteiger partial charge in [0.25, 0.3) is 0 Å². The highest BCUT2D eigenvalue weighted by atomic mass is 15.1. The second-order valence-corrected chi connectivity index (χ2v) is 7.06. The van der Waals surface area contributed by atoms with Gasteiger partial charge in [-0.1, -0.05) is 40.5 Å². The van der Waals surface area contributed by atoms with Gasteiger partial charge < -0.3 is 10.2 Å². The minimum absolute atomic E-state index is 0.473. The number of hydrogen-bond donors (Lipinski definition) is 1. The first-order valence-corrected chi connectivity index (χ1v) is 8.44. The number of hydrogen-bond acceptors (Lipinski definition) is 2. The van der Waals surface area contributed by atoms with E-state index in [1.54, 1.807) is 0 Å². The van der Waals surface area contributed by atoms with E-state index >= 15 is 0 Å². The molecule has 0 heterocycles. The maximum atomic E-state index is 3.60. The van der Waals surface area contributed by atoms with Crippen LogP contribution in [0.3, 0.4) is 0 Å². The Hall–Kier alpha value is -0.0800. The van der Waals surface area contributed by atoms with E-state index in [2.05, 4.69) is 45.0 Å². The Kier molecular flexibility index (Phi) is 7.38. The van der Waals surface area contributed by atoms with E-state index in [4.69, 9.17) is 0 Å². The smallest absolute Gasteiger partial charge is 0.0156 e. The fourth-order valence-electron chi connectivity index (χ4n) is 3.73. The molecule has 1 fully saturated rings. The van der Waals surface area contributed by atoms with Crippen LogP contribution in [0.25, 0.3) is 0 Å². The predicted octanol–water partition coefficient (Wildman–Crippen LogP) is 3.91. The normalized spacial score (nSPS) is 26.2. The van der Waals surface area contributed by atoms with Gasteiger partial charge in [0.05, 0.1) is 0 Å². The molecule has 0 aliphatic heterocycles. The van der Waals surface area contributed by atoms with Gasteiger partial charge in [0.2, 0.25) is 0 Å². The molecule has 2 nitrogen and oxygen atoms in total. The summed E-state index contributed by atoms with van der Waals surface area (Å²) in [4.78, 5) is 2.73. The first-order valence-electron chi connectivity index (χ1n) is 8.44. The van der Waals surface area contributed by atoms with Crippen molar-refractivity contribution in [2.75, 3.05) is 26.7 Å². The highest BCUT2D eigenvalue weighted by Gasteiger charge is 2.41. The van der Waals surface area contributed by atoms with Gasteiger partial charge in [0.15, 0.2) is 0 Å². The Bertz CT molecular complexity index is 229. The zero-order valence-corrected chi connectivity index (χ0v) is 14.0. The van der Waals surface area contributed by atoms with Crippen molar-refractivity contribution in [2.24, 2.45) is 11.3 Å². The van der Waals surface area contributed by atoms with E-state index in [0.717, 1.165) is 5.92 Å². The van der Waals surface area contributed by atoms with E-state index in [9.17, 15) is 0 Å². The average molecular weight is 268 g/mol. The van der Waals surface area contributed by atoms with Crippen LogP contribution in [0, 0.1) is 11.3 Å². The van der Waals surface area contributed by atoms with Crippen molar-refractivity contribution in [2.45, 2.75) is 72.3 Å². The van der Waals surface area contributed by atoms with Gasteiger partial charge in [0.1, 0.15) is 0 Å². The second-order valence-electron chi connectivity index (χ2n) is 7.06. The molecule has 1 rings (SSSR count). The molecule has 0 aromatic rings. The van der Waals surface area contributed by atoms with E-state index < -0.39 is 0 Å². The van der Waals surface area contributed by atoms with Gasteiger partial charge in [-0.25, -0.2) is 0 Å². The van der Waals surface area contributed by atoms with E-state index in [1.165, 1.54) is 58.2 Å². The fourth-order valence-corrected chi connectivity index (χ4v) is 3.73. The summed E-state index contributed by atoms with van der Waals surface area (Å²) in [5.74, 6) is 0.841. The van der Waals surface area contributed by atoms with Crippen LogP contribution in [-0.2, 0) is 0 Å². The van der Waals surface area contributed by atoms with E-state index in [-0.39, 0.29) is 0 Å². The molecular formula is C17H36N2. The minimum Gasteiger partial charge on any atom is -0.316 e. The number of nitrogens with one attached hydrogen (secondary N) is 1. The van der Waals surface area contributed by atoms with Crippen LogP contribution in [0.2, 0.25) is 0 Å². The van der Waals surface area contributed by atoms with Gasteiger partial charge in [-0.3, -0.25) is 0 Å². The highest BCUT2D eigenvalue weighted by molar-refractivity contribution is 4.96. The lowest BCUT2D eigenvalue weighted by molar-refractivity contribution is 0.185. The monoisotopic (exact) mass is 268 g/mol. The lowest BCUT2D eigenvalue weighted by Crippen LogP contribution is -2.44. The molecule has 0 radical (unpaired) electrons. The predicted molar refractivity (Wildman–Crippen MR) is 85.6 cm³/mol. The van der Waals surface area contributed by atoms with Gasteiger partial charge in [0, 0.05) is 12.6 Å². The minimum atomic E-state index is 0.473. The van der Waals surface area contributed by atoms with Crippen molar-refractivity contribution in [1.82, 2.24) is 10.2 Å². The first kappa shape index (κ1) is 17.0. The quantitative estimate of drug-likeness (QED) is 0.682.